The smallest absolute Gasteiger partial charge is 0.319 e. The molecule has 0 spiro atoms. The largest absolute Gasteiger partial charge is 0.357 e. The number of Topliss-reactive ketones (excluding diaryl/α,β-unsaturated/α-hetero) is 1. The number of rotatable bonds is 3. The summed E-state index contributed by atoms with van der Waals surface area (Å²) in [6, 6.07) is -0.153. The Balaban J connectivity index is 1.58. The third-order valence-electron chi connectivity index (χ3n) is 4.94. The van der Waals surface area contributed by atoms with Crippen LogP contribution in [0.15, 0.2) is 25.0 Å². The van der Waals surface area contributed by atoms with Crippen molar-refractivity contribution in [2.45, 2.75) is 0 Å². The van der Waals surface area contributed by atoms with Gasteiger partial charge in [-0.15, -0.1) is 0 Å². The zero-order valence-electron chi connectivity index (χ0n) is 16.4. The maximum absolute atomic E-state index is 14.5. The molecule has 4 heterocycles. The molecule has 0 bridgehead atoms. The molecule has 1 saturated heterocycles. The van der Waals surface area contributed by atoms with E-state index in [1.54, 1.807) is 19.0 Å². The quantitative estimate of drug-likeness (QED) is 0.486. The molecule has 30 heavy (non-hydrogen) atoms. The molecule has 1 aliphatic rings. The van der Waals surface area contributed by atoms with Gasteiger partial charge >= 0.3 is 6.03 Å². The zero-order valence-corrected chi connectivity index (χ0v) is 16.4. The van der Waals surface area contributed by atoms with Crippen LogP contribution in [0.3, 0.4) is 0 Å². The van der Waals surface area contributed by atoms with E-state index in [1.165, 1.54) is 33.3 Å². The summed E-state index contributed by atoms with van der Waals surface area (Å²) in [5.41, 5.74) is 0.154. The van der Waals surface area contributed by atoms with Crippen LogP contribution < -0.4 is 0 Å². The monoisotopic (exact) mass is 414 g/mol. The van der Waals surface area contributed by atoms with Gasteiger partial charge in [-0.3, -0.25) is 9.59 Å². The van der Waals surface area contributed by atoms with Gasteiger partial charge in [-0.1, -0.05) is 0 Å². The first-order valence-corrected chi connectivity index (χ1v) is 9.19. The molecule has 0 unspecified atom stereocenters. The number of hydrogen-bond donors (Lipinski definition) is 1. The molecule has 4 rings (SSSR count). The Bertz CT molecular complexity index is 1120. The molecule has 0 aliphatic carbocycles. The number of urea groups is 1. The minimum absolute atomic E-state index is 0.0322. The molecule has 1 aliphatic heterocycles. The highest BCUT2D eigenvalue weighted by Crippen LogP contribution is 2.26. The first-order valence-electron chi connectivity index (χ1n) is 9.19. The Morgan fingerprint density at radius 3 is 2.47 bits per heavy atom. The molecule has 12 heteroatoms. The lowest BCUT2D eigenvalue weighted by Crippen LogP contribution is -2.54. The van der Waals surface area contributed by atoms with Crippen molar-refractivity contribution in [1.29, 1.82) is 0 Å². The van der Waals surface area contributed by atoms with Crippen LogP contribution in [-0.2, 0) is 4.79 Å². The molecular weight excluding hydrogens is 395 g/mol. The minimum Gasteiger partial charge on any atom is -0.357 e. The van der Waals surface area contributed by atoms with Gasteiger partial charge in [0.1, 0.15) is 12.7 Å². The number of nitrogens with zero attached hydrogens (tertiary/aromatic N) is 7. The number of carbonyl (C=O) groups excluding carboxylic acids is 3. The third-order valence-corrected chi connectivity index (χ3v) is 4.94. The molecule has 0 aromatic carbocycles. The van der Waals surface area contributed by atoms with Crippen LogP contribution in [0.1, 0.15) is 10.4 Å². The van der Waals surface area contributed by atoms with Gasteiger partial charge in [0.2, 0.25) is 0 Å². The highest BCUT2D eigenvalue weighted by Gasteiger charge is 2.31. The molecule has 3 amide bonds. The van der Waals surface area contributed by atoms with Gasteiger partial charge < -0.3 is 19.7 Å². The van der Waals surface area contributed by atoms with Crippen molar-refractivity contribution in [3.05, 3.63) is 36.4 Å². The normalized spacial score (nSPS) is 14.2. The van der Waals surface area contributed by atoms with Gasteiger partial charge in [-0.2, -0.15) is 5.10 Å². The van der Waals surface area contributed by atoms with E-state index < -0.39 is 17.5 Å². The summed E-state index contributed by atoms with van der Waals surface area (Å²) < 4.78 is 15.9. The molecule has 11 nitrogen and oxygen atoms in total. The Kier molecular flexibility index (Phi) is 4.90. The van der Waals surface area contributed by atoms with Crippen molar-refractivity contribution in [2.75, 3.05) is 40.3 Å². The number of aromatic amines is 1. The fourth-order valence-electron chi connectivity index (χ4n) is 3.41. The van der Waals surface area contributed by atoms with Crippen molar-refractivity contribution in [3.8, 4) is 5.82 Å². The summed E-state index contributed by atoms with van der Waals surface area (Å²) >= 11 is 0. The molecule has 0 atom stereocenters. The standard InChI is InChI=1S/C18H19FN8O3/c1-24(2)18(30)26-5-3-25(4-6-26)17(29)15(28)11-7-21-14-13(11)12(19)8-22-16(14)27-10-20-9-23-27/h7-10,21H,3-6H2,1-2H3. The molecule has 3 aromatic rings. The van der Waals surface area contributed by atoms with Crippen LogP contribution in [0.25, 0.3) is 16.7 Å². The third kappa shape index (κ3) is 3.25. The number of ketones is 1. The first-order chi connectivity index (χ1) is 14.4. The average Bonchev–Trinajstić information content (AvgIpc) is 3.43. The van der Waals surface area contributed by atoms with Crippen molar-refractivity contribution >= 4 is 28.6 Å². The summed E-state index contributed by atoms with van der Waals surface area (Å²) in [6.07, 6.45) is 4.96. The number of aromatic nitrogens is 5. The number of piperazine rings is 1. The van der Waals surface area contributed by atoms with Crippen LogP contribution in [0.2, 0.25) is 0 Å². The van der Waals surface area contributed by atoms with Crippen LogP contribution in [-0.4, -0.2) is 97.4 Å². The fourth-order valence-corrected chi connectivity index (χ4v) is 3.41. The summed E-state index contributed by atoms with van der Waals surface area (Å²) in [4.78, 5) is 52.7. The van der Waals surface area contributed by atoms with Crippen molar-refractivity contribution < 1.29 is 18.8 Å². The van der Waals surface area contributed by atoms with Gasteiger partial charge in [-0.05, 0) is 0 Å². The lowest BCUT2D eigenvalue weighted by atomic mass is 10.1. The number of H-pyrrole nitrogens is 1. The fraction of sp³-hybridized carbons (Fsp3) is 0.333. The first kappa shape index (κ1) is 19.5. The van der Waals surface area contributed by atoms with E-state index in [-0.39, 0.29) is 41.4 Å². The van der Waals surface area contributed by atoms with E-state index in [2.05, 4.69) is 20.1 Å². The Hall–Kier alpha value is -3.83. The predicted molar refractivity (Wildman–Crippen MR) is 103 cm³/mol. The summed E-state index contributed by atoms with van der Waals surface area (Å²) in [7, 11) is 3.30. The lowest BCUT2D eigenvalue weighted by Gasteiger charge is -2.35. The molecule has 0 saturated carbocycles. The van der Waals surface area contributed by atoms with E-state index in [0.717, 1.165) is 6.20 Å². The van der Waals surface area contributed by atoms with Crippen LogP contribution in [0, 0.1) is 5.82 Å². The topological polar surface area (TPSA) is 120 Å². The number of pyridine rings is 1. The van der Waals surface area contributed by atoms with Crippen molar-refractivity contribution in [1.82, 2.24) is 39.4 Å². The van der Waals surface area contributed by atoms with Crippen LogP contribution >= 0.6 is 0 Å². The Morgan fingerprint density at radius 1 is 1.13 bits per heavy atom. The number of halogens is 1. The van der Waals surface area contributed by atoms with Crippen LogP contribution in [0.4, 0.5) is 9.18 Å². The van der Waals surface area contributed by atoms with E-state index in [4.69, 9.17) is 0 Å². The number of carbonyl (C=O) groups is 3. The maximum Gasteiger partial charge on any atom is 0.319 e. The van der Waals surface area contributed by atoms with Crippen molar-refractivity contribution in [3.63, 3.8) is 0 Å². The second-order valence-electron chi connectivity index (χ2n) is 7.01. The van der Waals surface area contributed by atoms with Gasteiger partial charge in [-0.25, -0.2) is 23.8 Å². The van der Waals surface area contributed by atoms with E-state index >= 15 is 0 Å². The van der Waals surface area contributed by atoms with E-state index in [9.17, 15) is 18.8 Å². The molecule has 1 fully saturated rings. The second kappa shape index (κ2) is 7.54. The SMILES string of the molecule is CN(C)C(=O)N1CCN(C(=O)C(=O)c2c[nH]c3c(-n4cncn4)ncc(F)c23)CC1. The molecular formula is C18H19FN8O3. The number of fused-ring (bicyclic) bond motifs is 1. The van der Waals surface area contributed by atoms with Gasteiger partial charge in [0.25, 0.3) is 11.7 Å². The lowest BCUT2D eigenvalue weighted by molar-refractivity contribution is -0.127. The summed E-state index contributed by atoms with van der Waals surface area (Å²) in [6.45, 7) is 1.08. The molecule has 3 aromatic heterocycles. The van der Waals surface area contributed by atoms with E-state index in [1.807, 2.05) is 0 Å². The number of nitrogens with one attached hydrogen (secondary N) is 1. The van der Waals surface area contributed by atoms with E-state index in [0.29, 0.717) is 13.1 Å². The molecule has 156 valence electrons. The average molecular weight is 414 g/mol. The number of hydrogen-bond acceptors (Lipinski definition) is 6. The zero-order chi connectivity index (χ0) is 21.4. The van der Waals surface area contributed by atoms with Gasteiger partial charge in [0.15, 0.2) is 11.6 Å². The minimum atomic E-state index is -0.830. The summed E-state index contributed by atoms with van der Waals surface area (Å²) in [5.74, 6) is -2.05. The highest BCUT2D eigenvalue weighted by molar-refractivity contribution is 6.45. The Morgan fingerprint density at radius 2 is 1.83 bits per heavy atom. The summed E-state index contributed by atoms with van der Waals surface area (Å²) in [5, 5.41) is 3.94. The Labute approximate surface area is 170 Å². The maximum atomic E-state index is 14.5. The molecule has 0 radical (unpaired) electrons. The highest BCUT2D eigenvalue weighted by atomic mass is 19.1. The van der Waals surface area contributed by atoms with Crippen molar-refractivity contribution in [2.24, 2.45) is 0 Å². The van der Waals surface area contributed by atoms with Gasteiger partial charge in [0.05, 0.1) is 22.7 Å². The second-order valence-corrected chi connectivity index (χ2v) is 7.01. The molecule has 1 N–H and O–H groups in total. The number of amides is 3. The predicted octanol–water partition coefficient (Wildman–Crippen LogP) is 0.291. The van der Waals surface area contributed by atoms with Gasteiger partial charge in [0, 0.05) is 46.5 Å². The van der Waals surface area contributed by atoms with Crippen LogP contribution in [0.5, 0.6) is 0 Å².